The lowest BCUT2D eigenvalue weighted by atomic mass is 9.63. The summed E-state index contributed by atoms with van der Waals surface area (Å²) in [6.07, 6.45) is 5.47. The third kappa shape index (κ3) is 3.55. The van der Waals surface area contributed by atoms with Gasteiger partial charge < -0.3 is 9.64 Å². The molecule has 1 aromatic carbocycles. The number of fused-ring (bicyclic) bond motifs is 1. The van der Waals surface area contributed by atoms with Crippen molar-refractivity contribution in [2.75, 3.05) is 18.6 Å². The molecule has 0 saturated heterocycles. The van der Waals surface area contributed by atoms with E-state index in [1.807, 2.05) is 0 Å². The van der Waals surface area contributed by atoms with Crippen LogP contribution < -0.4 is 4.90 Å². The van der Waals surface area contributed by atoms with Crippen molar-refractivity contribution in [3.05, 3.63) is 47.4 Å². The van der Waals surface area contributed by atoms with E-state index in [1.54, 1.807) is 6.20 Å². The minimum absolute atomic E-state index is 0.153. The molecule has 0 bridgehead atoms. The quantitative estimate of drug-likeness (QED) is 0.729. The molecule has 5 nitrogen and oxygen atoms in total. The SMILES string of the molecule is CCN(c1ccc2c(c1)C(C)(C)CCC2(C)C)c1cnc(C(=O)OC)cn1. The molecular weight excluding hydrogens is 338 g/mol. The Morgan fingerprint density at radius 1 is 1.07 bits per heavy atom. The van der Waals surface area contributed by atoms with Crippen LogP contribution in [-0.2, 0) is 15.6 Å². The molecule has 144 valence electrons. The first kappa shape index (κ1) is 19.3. The molecule has 0 fully saturated rings. The molecule has 0 radical (unpaired) electrons. The Bertz CT molecular complexity index is 841. The van der Waals surface area contributed by atoms with Crippen molar-refractivity contribution in [2.24, 2.45) is 0 Å². The highest BCUT2D eigenvalue weighted by Crippen LogP contribution is 2.47. The van der Waals surface area contributed by atoms with Gasteiger partial charge in [-0.05, 0) is 53.9 Å². The number of methoxy groups -OCH3 is 1. The summed E-state index contributed by atoms with van der Waals surface area (Å²) in [5.41, 5.74) is 4.51. The minimum Gasteiger partial charge on any atom is -0.464 e. The van der Waals surface area contributed by atoms with Crippen LogP contribution in [0.25, 0.3) is 0 Å². The maximum atomic E-state index is 11.6. The highest BCUT2D eigenvalue weighted by Gasteiger charge is 2.37. The van der Waals surface area contributed by atoms with Crippen LogP contribution in [0.4, 0.5) is 11.5 Å². The molecule has 0 aliphatic heterocycles. The van der Waals surface area contributed by atoms with E-state index in [1.165, 1.54) is 37.3 Å². The summed E-state index contributed by atoms with van der Waals surface area (Å²) in [4.78, 5) is 22.3. The van der Waals surface area contributed by atoms with E-state index in [4.69, 9.17) is 4.74 Å². The van der Waals surface area contributed by atoms with Crippen molar-refractivity contribution in [2.45, 2.75) is 58.3 Å². The molecule has 0 spiro atoms. The number of carbonyl (C=O) groups is 1. The number of carbonyl (C=O) groups excluding carboxylic acids is 1. The number of rotatable bonds is 4. The Morgan fingerprint density at radius 3 is 2.30 bits per heavy atom. The van der Waals surface area contributed by atoms with Crippen LogP contribution in [0, 0.1) is 0 Å². The first-order valence-electron chi connectivity index (χ1n) is 9.52. The molecule has 1 aliphatic carbocycles. The smallest absolute Gasteiger partial charge is 0.358 e. The lowest BCUT2D eigenvalue weighted by molar-refractivity contribution is 0.0593. The van der Waals surface area contributed by atoms with Crippen LogP contribution in [-0.4, -0.2) is 29.6 Å². The van der Waals surface area contributed by atoms with Crippen molar-refractivity contribution in [1.29, 1.82) is 0 Å². The molecular formula is C22H29N3O2. The van der Waals surface area contributed by atoms with E-state index in [-0.39, 0.29) is 16.5 Å². The molecule has 2 aromatic rings. The van der Waals surface area contributed by atoms with Gasteiger partial charge in [-0.3, -0.25) is 0 Å². The van der Waals surface area contributed by atoms with E-state index in [2.05, 4.69) is 67.7 Å². The summed E-state index contributed by atoms with van der Waals surface area (Å²) in [6, 6.07) is 6.74. The van der Waals surface area contributed by atoms with Crippen LogP contribution in [0.5, 0.6) is 0 Å². The van der Waals surface area contributed by atoms with Crippen molar-refractivity contribution in [3.63, 3.8) is 0 Å². The largest absolute Gasteiger partial charge is 0.464 e. The lowest BCUT2D eigenvalue weighted by Gasteiger charge is -2.42. The highest BCUT2D eigenvalue weighted by atomic mass is 16.5. The van der Waals surface area contributed by atoms with Gasteiger partial charge in [-0.1, -0.05) is 33.8 Å². The Morgan fingerprint density at radius 2 is 1.74 bits per heavy atom. The van der Waals surface area contributed by atoms with Crippen LogP contribution in [0.15, 0.2) is 30.6 Å². The normalized spacial score (nSPS) is 17.1. The maximum Gasteiger partial charge on any atom is 0.358 e. The van der Waals surface area contributed by atoms with E-state index < -0.39 is 5.97 Å². The van der Waals surface area contributed by atoms with E-state index >= 15 is 0 Å². The zero-order chi connectivity index (χ0) is 19.8. The van der Waals surface area contributed by atoms with Crippen molar-refractivity contribution >= 4 is 17.5 Å². The highest BCUT2D eigenvalue weighted by molar-refractivity contribution is 5.86. The molecule has 27 heavy (non-hydrogen) atoms. The number of hydrogen-bond donors (Lipinski definition) is 0. The fourth-order valence-corrected chi connectivity index (χ4v) is 3.89. The van der Waals surface area contributed by atoms with Gasteiger partial charge >= 0.3 is 5.97 Å². The second-order valence-corrected chi connectivity index (χ2v) is 8.49. The molecule has 1 aromatic heterocycles. The van der Waals surface area contributed by atoms with E-state index in [0.717, 1.165) is 18.1 Å². The average molecular weight is 367 g/mol. The third-order valence-corrected chi connectivity index (χ3v) is 5.77. The lowest BCUT2D eigenvalue weighted by Crippen LogP contribution is -2.34. The first-order chi connectivity index (χ1) is 12.7. The molecule has 1 heterocycles. The minimum atomic E-state index is -0.477. The number of benzene rings is 1. The standard InChI is InChI=1S/C22H29N3O2/c1-7-25(19-14-23-18(13-24-19)20(26)27-6)15-8-9-16-17(12-15)22(4,5)11-10-21(16,2)3/h8-9,12-14H,7,10-11H2,1-6H3. The topological polar surface area (TPSA) is 55.3 Å². The summed E-state index contributed by atoms with van der Waals surface area (Å²) in [5, 5.41) is 0. The molecule has 0 unspecified atom stereocenters. The zero-order valence-electron chi connectivity index (χ0n) is 17.2. The molecule has 0 atom stereocenters. The fraction of sp³-hybridized carbons (Fsp3) is 0.500. The van der Waals surface area contributed by atoms with Gasteiger partial charge in [0.05, 0.1) is 19.5 Å². The van der Waals surface area contributed by atoms with Gasteiger partial charge in [0.2, 0.25) is 0 Å². The maximum absolute atomic E-state index is 11.6. The molecule has 1 aliphatic rings. The summed E-state index contributed by atoms with van der Waals surface area (Å²) >= 11 is 0. The molecule has 0 amide bonds. The number of nitrogens with zero attached hydrogens (tertiary/aromatic N) is 3. The summed E-state index contributed by atoms with van der Waals surface area (Å²) in [5.74, 6) is 0.243. The summed E-state index contributed by atoms with van der Waals surface area (Å²) in [6.45, 7) is 12.2. The number of aromatic nitrogens is 2. The number of esters is 1. The zero-order valence-corrected chi connectivity index (χ0v) is 17.2. The van der Waals surface area contributed by atoms with Crippen LogP contribution in [0.2, 0.25) is 0 Å². The second kappa shape index (κ2) is 6.95. The van der Waals surface area contributed by atoms with E-state index in [9.17, 15) is 4.79 Å². The summed E-state index contributed by atoms with van der Waals surface area (Å²) < 4.78 is 4.70. The summed E-state index contributed by atoms with van der Waals surface area (Å²) in [7, 11) is 1.34. The van der Waals surface area contributed by atoms with Crippen molar-refractivity contribution in [3.8, 4) is 0 Å². The van der Waals surface area contributed by atoms with Gasteiger partial charge in [-0.25, -0.2) is 14.8 Å². The van der Waals surface area contributed by atoms with Gasteiger partial charge in [0.1, 0.15) is 0 Å². The predicted molar refractivity (Wildman–Crippen MR) is 108 cm³/mol. The number of hydrogen-bond acceptors (Lipinski definition) is 5. The Balaban J connectivity index is 2.01. The van der Waals surface area contributed by atoms with Gasteiger partial charge in [-0.2, -0.15) is 0 Å². The van der Waals surface area contributed by atoms with Gasteiger partial charge in [0.15, 0.2) is 11.5 Å². The molecule has 0 N–H and O–H groups in total. The predicted octanol–water partition coefficient (Wildman–Crippen LogP) is 4.77. The average Bonchev–Trinajstić information content (AvgIpc) is 2.66. The monoisotopic (exact) mass is 367 g/mol. The number of ether oxygens (including phenoxy) is 1. The van der Waals surface area contributed by atoms with Gasteiger partial charge in [0, 0.05) is 12.2 Å². The first-order valence-corrected chi connectivity index (χ1v) is 9.52. The third-order valence-electron chi connectivity index (χ3n) is 5.77. The van der Waals surface area contributed by atoms with Gasteiger partial charge in [0.25, 0.3) is 0 Å². The van der Waals surface area contributed by atoms with Gasteiger partial charge in [-0.15, -0.1) is 0 Å². The van der Waals surface area contributed by atoms with Crippen molar-refractivity contribution in [1.82, 2.24) is 9.97 Å². The number of anilines is 2. The fourth-order valence-electron chi connectivity index (χ4n) is 3.89. The second-order valence-electron chi connectivity index (χ2n) is 8.49. The van der Waals surface area contributed by atoms with Crippen molar-refractivity contribution < 1.29 is 9.53 Å². The molecule has 5 heteroatoms. The Hall–Kier alpha value is -2.43. The Labute approximate surface area is 161 Å². The molecule has 3 rings (SSSR count). The Kier molecular flexibility index (Phi) is 4.98. The van der Waals surface area contributed by atoms with Crippen LogP contribution >= 0.6 is 0 Å². The molecule has 0 saturated carbocycles. The van der Waals surface area contributed by atoms with E-state index in [0.29, 0.717) is 0 Å². The van der Waals surface area contributed by atoms with Crippen LogP contribution in [0.1, 0.15) is 69.1 Å². The van der Waals surface area contributed by atoms with Crippen LogP contribution in [0.3, 0.4) is 0 Å².